The number of fused-ring (bicyclic) bond motifs is 1. The van der Waals surface area contributed by atoms with Crippen molar-refractivity contribution in [1.82, 2.24) is 4.57 Å². The van der Waals surface area contributed by atoms with Crippen molar-refractivity contribution in [2.75, 3.05) is 5.32 Å². The second-order valence-corrected chi connectivity index (χ2v) is 9.00. The Balaban J connectivity index is 1.41. The molecular formula is C28H19F3N2OS. The number of nitrogens with zero attached hydrogens (tertiary/aromatic N) is 1. The lowest BCUT2D eigenvalue weighted by Gasteiger charge is -2.10. The van der Waals surface area contributed by atoms with Gasteiger partial charge >= 0.3 is 12.2 Å². The van der Waals surface area contributed by atoms with Crippen LogP contribution in [0.3, 0.4) is 0 Å². The fourth-order valence-electron chi connectivity index (χ4n) is 3.83. The van der Waals surface area contributed by atoms with Crippen LogP contribution in [0.25, 0.3) is 22.0 Å². The van der Waals surface area contributed by atoms with Gasteiger partial charge in [-0.15, -0.1) is 0 Å². The minimum absolute atomic E-state index is 0.0771. The molecule has 0 aliphatic carbocycles. The third-order valence-corrected chi connectivity index (χ3v) is 6.58. The Labute approximate surface area is 204 Å². The number of benzene rings is 4. The van der Waals surface area contributed by atoms with Crippen molar-refractivity contribution in [3.05, 3.63) is 115 Å². The third kappa shape index (κ3) is 4.95. The summed E-state index contributed by atoms with van der Waals surface area (Å²) in [6, 6.07) is 29.7. The van der Waals surface area contributed by atoms with Gasteiger partial charge in [0, 0.05) is 27.1 Å². The molecule has 5 rings (SSSR count). The van der Waals surface area contributed by atoms with Crippen LogP contribution in [-0.2, 0) is 6.18 Å². The summed E-state index contributed by atoms with van der Waals surface area (Å²) in [4.78, 5) is 14.9. The van der Waals surface area contributed by atoms with Gasteiger partial charge in [0.25, 0.3) is 0 Å². The van der Waals surface area contributed by atoms with Gasteiger partial charge in [-0.3, -0.25) is 4.57 Å². The predicted octanol–water partition coefficient (Wildman–Crippen LogP) is 8.56. The van der Waals surface area contributed by atoms with Gasteiger partial charge in [-0.2, -0.15) is 13.2 Å². The molecule has 0 bridgehead atoms. The van der Waals surface area contributed by atoms with E-state index in [4.69, 9.17) is 0 Å². The van der Waals surface area contributed by atoms with Crippen LogP contribution in [0.1, 0.15) is 5.56 Å². The lowest BCUT2D eigenvalue weighted by molar-refractivity contribution is -0.137. The molecular weight excluding hydrogens is 469 g/mol. The van der Waals surface area contributed by atoms with Crippen LogP contribution >= 0.6 is 11.8 Å². The molecule has 0 unspecified atom stereocenters. The van der Waals surface area contributed by atoms with E-state index in [9.17, 15) is 18.0 Å². The summed E-state index contributed by atoms with van der Waals surface area (Å²) in [5.74, 6) is 0. The van der Waals surface area contributed by atoms with E-state index in [0.29, 0.717) is 5.52 Å². The second-order valence-electron chi connectivity index (χ2n) is 7.88. The molecule has 3 nitrogen and oxygen atoms in total. The van der Waals surface area contributed by atoms with Crippen LogP contribution in [-0.4, -0.2) is 10.6 Å². The van der Waals surface area contributed by atoms with Gasteiger partial charge in [0.1, 0.15) is 0 Å². The van der Waals surface area contributed by atoms with E-state index >= 15 is 0 Å². The smallest absolute Gasteiger partial charge is 0.307 e. The summed E-state index contributed by atoms with van der Waals surface area (Å²) in [6.07, 6.45) is -2.77. The molecule has 1 amide bonds. The minimum Gasteiger partial charge on any atom is -0.307 e. The van der Waals surface area contributed by atoms with E-state index < -0.39 is 17.8 Å². The fraction of sp³-hybridized carbons (Fsp3) is 0.0357. The number of carbonyl (C=O) groups excluding carboxylic acids is 1. The topological polar surface area (TPSA) is 34.0 Å². The van der Waals surface area contributed by atoms with Gasteiger partial charge in [0.05, 0.1) is 11.1 Å². The van der Waals surface area contributed by atoms with Crippen LogP contribution in [0.4, 0.5) is 23.7 Å². The Morgan fingerprint density at radius 1 is 0.771 bits per heavy atom. The zero-order valence-electron chi connectivity index (χ0n) is 18.3. The summed E-state index contributed by atoms with van der Waals surface area (Å²) < 4.78 is 40.6. The molecule has 0 atom stereocenters. The molecule has 0 spiro atoms. The summed E-state index contributed by atoms with van der Waals surface area (Å²) in [6.45, 7) is 0. The summed E-state index contributed by atoms with van der Waals surface area (Å²) >= 11 is 1.52. The first-order chi connectivity index (χ1) is 16.9. The van der Waals surface area contributed by atoms with Crippen molar-refractivity contribution in [3.63, 3.8) is 0 Å². The molecule has 0 aliphatic rings. The maximum absolute atomic E-state index is 13.0. The largest absolute Gasteiger partial charge is 0.416 e. The van der Waals surface area contributed by atoms with E-state index in [1.165, 1.54) is 28.5 Å². The lowest BCUT2D eigenvalue weighted by Crippen LogP contribution is -2.18. The van der Waals surface area contributed by atoms with E-state index in [-0.39, 0.29) is 5.69 Å². The Hall–Kier alpha value is -3.97. The molecule has 0 radical (unpaired) electrons. The molecule has 1 N–H and O–H groups in total. The van der Waals surface area contributed by atoms with Gasteiger partial charge in [-0.25, -0.2) is 4.79 Å². The molecule has 0 aliphatic heterocycles. The maximum Gasteiger partial charge on any atom is 0.416 e. The van der Waals surface area contributed by atoms with Crippen molar-refractivity contribution < 1.29 is 18.0 Å². The van der Waals surface area contributed by atoms with E-state index in [1.807, 2.05) is 54.6 Å². The Morgan fingerprint density at radius 3 is 2.20 bits per heavy atom. The molecule has 0 saturated heterocycles. The molecule has 0 fully saturated rings. The number of aromatic nitrogens is 1. The quantitative estimate of drug-likeness (QED) is 0.275. The van der Waals surface area contributed by atoms with Crippen LogP contribution in [0.2, 0.25) is 0 Å². The van der Waals surface area contributed by atoms with Gasteiger partial charge in [0.2, 0.25) is 0 Å². The predicted molar refractivity (Wildman–Crippen MR) is 134 cm³/mol. The zero-order chi connectivity index (χ0) is 24.4. The minimum atomic E-state index is -4.49. The van der Waals surface area contributed by atoms with Gasteiger partial charge in [0.15, 0.2) is 0 Å². The van der Waals surface area contributed by atoms with Crippen LogP contribution in [0.15, 0.2) is 119 Å². The SMILES string of the molecule is O=C(Nc1cccc(C(F)(F)F)c1)n1cc(Sc2ccc(-c3ccccc3)cc2)c2ccccc21. The molecule has 1 aromatic heterocycles. The number of carbonyl (C=O) groups is 1. The molecule has 35 heavy (non-hydrogen) atoms. The molecule has 1 heterocycles. The maximum atomic E-state index is 13.0. The average Bonchev–Trinajstić information content (AvgIpc) is 3.23. The van der Waals surface area contributed by atoms with E-state index in [1.54, 1.807) is 6.20 Å². The van der Waals surface area contributed by atoms with Gasteiger partial charge in [-0.1, -0.05) is 78.5 Å². The highest BCUT2D eigenvalue weighted by molar-refractivity contribution is 7.99. The Kier molecular flexibility index (Phi) is 6.09. The normalized spacial score (nSPS) is 11.5. The van der Waals surface area contributed by atoms with Crippen molar-refractivity contribution in [3.8, 4) is 11.1 Å². The van der Waals surface area contributed by atoms with Gasteiger partial charge in [-0.05, 0) is 47.5 Å². The number of hydrogen-bond acceptors (Lipinski definition) is 2. The summed E-state index contributed by atoms with van der Waals surface area (Å²) in [7, 11) is 0. The van der Waals surface area contributed by atoms with Crippen LogP contribution < -0.4 is 5.32 Å². The second kappa shape index (κ2) is 9.35. The highest BCUT2D eigenvalue weighted by Gasteiger charge is 2.30. The number of para-hydroxylation sites is 1. The molecule has 7 heteroatoms. The molecule has 174 valence electrons. The number of rotatable bonds is 4. The number of nitrogens with one attached hydrogen (secondary N) is 1. The highest BCUT2D eigenvalue weighted by Crippen LogP contribution is 2.36. The van der Waals surface area contributed by atoms with Gasteiger partial charge < -0.3 is 5.32 Å². The fourth-order valence-corrected chi connectivity index (χ4v) is 4.79. The highest BCUT2D eigenvalue weighted by atomic mass is 32.2. The third-order valence-electron chi connectivity index (χ3n) is 5.52. The van der Waals surface area contributed by atoms with Crippen LogP contribution in [0, 0.1) is 0 Å². The van der Waals surface area contributed by atoms with Crippen LogP contribution in [0.5, 0.6) is 0 Å². The number of halogens is 3. The lowest BCUT2D eigenvalue weighted by atomic mass is 10.1. The first kappa shape index (κ1) is 22.8. The first-order valence-corrected chi connectivity index (χ1v) is 11.6. The Bertz CT molecular complexity index is 1490. The summed E-state index contributed by atoms with van der Waals surface area (Å²) in [5, 5.41) is 3.46. The van der Waals surface area contributed by atoms with Crippen molar-refractivity contribution >= 4 is 34.4 Å². The number of amides is 1. The van der Waals surface area contributed by atoms with Crippen molar-refractivity contribution in [1.29, 1.82) is 0 Å². The first-order valence-electron chi connectivity index (χ1n) is 10.8. The standard InChI is InChI=1S/C28H19F3N2OS/c29-28(30,31)21-9-6-10-22(17-21)32-27(34)33-18-26(24-11-4-5-12-25(24)33)35-23-15-13-20(14-16-23)19-7-2-1-3-8-19/h1-18H,(H,32,34). The number of alkyl halides is 3. The van der Waals surface area contributed by atoms with E-state index in [2.05, 4.69) is 29.6 Å². The Morgan fingerprint density at radius 2 is 1.46 bits per heavy atom. The monoisotopic (exact) mass is 488 g/mol. The van der Waals surface area contributed by atoms with Crippen molar-refractivity contribution in [2.24, 2.45) is 0 Å². The molecule has 4 aromatic carbocycles. The molecule has 5 aromatic rings. The number of anilines is 1. The zero-order valence-corrected chi connectivity index (χ0v) is 19.1. The summed E-state index contributed by atoms with van der Waals surface area (Å²) in [5.41, 5.74) is 2.17. The molecule has 0 saturated carbocycles. The number of hydrogen-bond donors (Lipinski definition) is 1. The van der Waals surface area contributed by atoms with Crippen molar-refractivity contribution in [2.45, 2.75) is 16.0 Å². The average molecular weight is 489 g/mol. The van der Waals surface area contributed by atoms with E-state index in [0.717, 1.165) is 38.4 Å².